The third-order valence-corrected chi connectivity index (χ3v) is 4.48. The van der Waals surface area contributed by atoms with Gasteiger partial charge in [-0.15, -0.1) is 0 Å². The van der Waals surface area contributed by atoms with Crippen molar-refractivity contribution >= 4 is 11.7 Å². The minimum atomic E-state index is -0.293. The number of carbonyl (C=O) groups is 1. The van der Waals surface area contributed by atoms with Crippen LogP contribution < -0.4 is 10.9 Å². The highest BCUT2D eigenvalue weighted by Gasteiger charge is 2.29. The third kappa shape index (κ3) is 3.63. The molecule has 0 saturated carbocycles. The molecular weight excluding hydrogens is 322 g/mol. The Morgan fingerprint density at radius 3 is 2.84 bits per heavy atom. The van der Waals surface area contributed by atoms with Crippen molar-refractivity contribution in [2.75, 3.05) is 11.9 Å². The number of nitrogens with zero attached hydrogens (tertiary/aromatic N) is 4. The van der Waals surface area contributed by atoms with Gasteiger partial charge >= 0.3 is 0 Å². The van der Waals surface area contributed by atoms with Gasteiger partial charge in [0.15, 0.2) is 5.82 Å². The molecule has 0 radical (unpaired) electrons. The summed E-state index contributed by atoms with van der Waals surface area (Å²) in [6.07, 6.45) is 1.39. The van der Waals surface area contributed by atoms with Gasteiger partial charge in [-0.3, -0.25) is 14.5 Å². The van der Waals surface area contributed by atoms with Crippen LogP contribution in [0.3, 0.4) is 0 Å². The first-order valence-electron chi connectivity index (χ1n) is 8.60. The van der Waals surface area contributed by atoms with Gasteiger partial charge in [-0.2, -0.15) is 5.10 Å². The van der Waals surface area contributed by atoms with Crippen LogP contribution in [-0.2, 0) is 24.3 Å². The molecule has 134 valence electrons. The third-order valence-electron chi connectivity index (χ3n) is 4.48. The van der Waals surface area contributed by atoms with Gasteiger partial charge in [0.05, 0.1) is 11.7 Å². The van der Waals surface area contributed by atoms with E-state index in [9.17, 15) is 9.59 Å². The van der Waals surface area contributed by atoms with E-state index in [1.54, 1.807) is 19.1 Å². The van der Waals surface area contributed by atoms with Crippen molar-refractivity contribution in [1.29, 1.82) is 0 Å². The predicted octanol–water partition coefficient (Wildman–Crippen LogP) is 1.34. The fraction of sp³-hybridized carbons (Fsp3) is 0.529. The van der Waals surface area contributed by atoms with E-state index < -0.39 is 0 Å². The lowest BCUT2D eigenvalue weighted by molar-refractivity contribution is -0.121. The number of nitrogens with one attached hydrogen (secondary N) is 1. The maximum Gasteiger partial charge on any atom is 0.267 e. The highest BCUT2D eigenvalue weighted by atomic mass is 16.5. The van der Waals surface area contributed by atoms with Crippen LogP contribution in [0, 0.1) is 6.92 Å². The van der Waals surface area contributed by atoms with Gasteiger partial charge in [0, 0.05) is 38.2 Å². The normalized spacial score (nSPS) is 15.6. The Morgan fingerprint density at radius 1 is 1.40 bits per heavy atom. The molecule has 1 atom stereocenters. The molecule has 3 rings (SSSR count). The van der Waals surface area contributed by atoms with Gasteiger partial charge in [-0.25, -0.2) is 4.68 Å². The molecule has 1 unspecified atom stereocenters. The fourth-order valence-electron chi connectivity index (χ4n) is 3.20. The Kier molecular flexibility index (Phi) is 4.98. The van der Waals surface area contributed by atoms with E-state index in [2.05, 4.69) is 20.5 Å². The molecule has 1 aliphatic rings. The lowest BCUT2D eigenvalue weighted by atomic mass is 10.0. The summed E-state index contributed by atoms with van der Waals surface area (Å²) in [6, 6.07) is 3.04. The minimum absolute atomic E-state index is 0.0985. The lowest BCUT2D eigenvalue weighted by Gasteiger charge is -2.33. The summed E-state index contributed by atoms with van der Waals surface area (Å²) >= 11 is 0. The van der Waals surface area contributed by atoms with E-state index in [0.29, 0.717) is 31.1 Å². The average molecular weight is 345 g/mol. The number of amides is 1. The van der Waals surface area contributed by atoms with Crippen molar-refractivity contribution in [3.05, 3.63) is 39.5 Å². The topological polar surface area (TPSA) is 93.3 Å². The first-order valence-corrected chi connectivity index (χ1v) is 8.60. The van der Waals surface area contributed by atoms with E-state index in [4.69, 9.17) is 4.52 Å². The highest BCUT2D eigenvalue weighted by Crippen LogP contribution is 2.20. The van der Waals surface area contributed by atoms with Crippen molar-refractivity contribution in [3.8, 4) is 0 Å². The summed E-state index contributed by atoms with van der Waals surface area (Å²) in [6.45, 7) is 7.49. The molecule has 1 amide bonds. The Labute approximate surface area is 145 Å². The number of carbonyl (C=O) groups excluding carboxylic acids is 1. The molecule has 0 aromatic carbocycles. The number of aromatic nitrogens is 3. The Hall–Kier alpha value is -2.48. The van der Waals surface area contributed by atoms with Gasteiger partial charge < -0.3 is 9.84 Å². The highest BCUT2D eigenvalue weighted by molar-refractivity contribution is 5.94. The number of aryl methyl sites for hydroxylation is 2. The summed E-state index contributed by atoms with van der Waals surface area (Å²) in [4.78, 5) is 26.7. The van der Waals surface area contributed by atoms with Crippen molar-refractivity contribution in [2.45, 2.75) is 52.7 Å². The summed E-state index contributed by atoms with van der Waals surface area (Å²) in [5.74, 6) is 0.952. The number of hydrogen-bond donors (Lipinski definition) is 1. The molecule has 0 bridgehead atoms. The van der Waals surface area contributed by atoms with Crippen LogP contribution in [0.25, 0.3) is 0 Å². The van der Waals surface area contributed by atoms with E-state index in [1.165, 1.54) is 4.68 Å². The van der Waals surface area contributed by atoms with Gasteiger partial charge in [-0.1, -0.05) is 12.1 Å². The SMILES string of the molecule is CCC(C(=O)Nc1cc(C)on1)N1CCc2nn(CC)c(=O)cc2C1. The van der Waals surface area contributed by atoms with Crippen LogP contribution in [0.15, 0.2) is 21.5 Å². The van der Waals surface area contributed by atoms with Crippen LogP contribution >= 0.6 is 0 Å². The van der Waals surface area contributed by atoms with Gasteiger partial charge in [0.2, 0.25) is 5.91 Å². The van der Waals surface area contributed by atoms with Crippen molar-refractivity contribution in [3.63, 3.8) is 0 Å². The molecule has 1 aliphatic heterocycles. The molecular formula is C17H23N5O3. The minimum Gasteiger partial charge on any atom is -0.360 e. The van der Waals surface area contributed by atoms with E-state index >= 15 is 0 Å². The zero-order chi connectivity index (χ0) is 18.0. The van der Waals surface area contributed by atoms with Crippen LogP contribution in [0.2, 0.25) is 0 Å². The molecule has 8 heteroatoms. The summed E-state index contributed by atoms with van der Waals surface area (Å²) < 4.78 is 6.46. The Bertz CT molecular complexity index is 826. The average Bonchev–Trinajstić information content (AvgIpc) is 2.99. The zero-order valence-electron chi connectivity index (χ0n) is 14.8. The van der Waals surface area contributed by atoms with Crippen LogP contribution in [0.4, 0.5) is 5.82 Å². The second-order valence-electron chi connectivity index (χ2n) is 6.23. The van der Waals surface area contributed by atoms with Crippen LogP contribution in [0.5, 0.6) is 0 Å². The maximum atomic E-state index is 12.6. The first kappa shape index (κ1) is 17.3. The quantitative estimate of drug-likeness (QED) is 0.879. The molecule has 0 aliphatic carbocycles. The van der Waals surface area contributed by atoms with Crippen LogP contribution in [-0.4, -0.2) is 38.3 Å². The Morgan fingerprint density at radius 2 is 2.20 bits per heavy atom. The first-order chi connectivity index (χ1) is 12.0. The number of hydrogen-bond acceptors (Lipinski definition) is 6. The lowest BCUT2D eigenvalue weighted by Crippen LogP contribution is -2.46. The molecule has 2 aromatic heterocycles. The molecule has 25 heavy (non-hydrogen) atoms. The fourth-order valence-corrected chi connectivity index (χ4v) is 3.20. The van der Waals surface area contributed by atoms with E-state index in [-0.39, 0.29) is 17.5 Å². The van der Waals surface area contributed by atoms with Gasteiger partial charge in [0.1, 0.15) is 5.76 Å². The smallest absolute Gasteiger partial charge is 0.267 e. The summed E-state index contributed by atoms with van der Waals surface area (Å²) in [7, 11) is 0. The molecule has 1 N–H and O–H groups in total. The predicted molar refractivity (Wildman–Crippen MR) is 92.2 cm³/mol. The van der Waals surface area contributed by atoms with Gasteiger partial charge in [-0.05, 0) is 25.8 Å². The molecule has 2 aromatic rings. The monoisotopic (exact) mass is 345 g/mol. The standard InChI is InChI=1S/C17H23N5O3/c1-4-14(17(24)18-15-8-11(3)25-20-15)21-7-6-13-12(10-21)9-16(23)22(5-2)19-13/h8-9,14H,4-7,10H2,1-3H3,(H,18,20,24). The Balaban J connectivity index is 1.75. The number of rotatable bonds is 5. The number of fused-ring (bicyclic) bond motifs is 1. The second kappa shape index (κ2) is 7.18. The summed E-state index contributed by atoms with van der Waals surface area (Å²) in [5.41, 5.74) is 1.75. The van der Waals surface area contributed by atoms with E-state index in [1.807, 2.05) is 13.8 Å². The van der Waals surface area contributed by atoms with Gasteiger partial charge in [0.25, 0.3) is 5.56 Å². The van der Waals surface area contributed by atoms with E-state index in [0.717, 1.165) is 24.2 Å². The summed E-state index contributed by atoms with van der Waals surface area (Å²) in [5, 5.41) is 11.0. The second-order valence-corrected chi connectivity index (χ2v) is 6.23. The van der Waals surface area contributed by atoms with Crippen molar-refractivity contribution in [2.24, 2.45) is 0 Å². The molecule has 8 nitrogen and oxygen atoms in total. The largest absolute Gasteiger partial charge is 0.360 e. The van der Waals surface area contributed by atoms with Crippen molar-refractivity contribution < 1.29 is 9.32 Å². The van der Waals surface area contributed by atoms with Crippen LogP contribution in [0.1, 0.15) is 37.3 Å². The molecule has 0 saturated heterocycles. The number of anilines is 1. The zero-order valence-corrected chi connectivity index (χ0v) is 14.8. The molecule has 0 fully saturated rings. The molecule has 3 heterocycles. The molecule has 0 spiro atoms. The van der Waals surface area contributed by atoms with Crippen molar-refractivity contribution in [1.82, 2.24) is 19.8 Å². The maximum absolute atomic E-state index is 12.6.